The van der Waals surface area contributed by atoms with E-state index in [0.717, 1.165) is 24.0 Å². The van der Waals surface area contributed by atoms with Crippen LogP contribution < -0.4 is 5.32 Å². The summed E-state index contributed by atoms with van der Waals surface area (Å²) in [5.74, 6) is 0.270. The lowest BCUT2D eigenvalue weighted by molar-refractivity contribution is -0.117. The van der Waals surface area contributed by atoms with Gasteiger partial charge in [0.15, 0.2) is 16.8 Å². The fourth-order valence-corrected chi connectivity index (χ4v) is 4.89. The van der Waals surface area contributed by atoms with Crippen molar-refractivity contribution < 1.29 is 13.6 Å². The molecule has 2 fully saturated rings. The molecule has 1 aromatic carbocycles. The van der Waals surface area contributed by atoms with E-state index in [-0.39, 0.29) is 5.91 Å². The van der Waals surface area contributed by atoms with E-state index in [1.165, 1.54) is 43.1 Å². The lowest BCUT2D eigenvalue weighted by Crippen LogP contribution is -2.20. The maximum absolute atomic E-state index is 13.3. The van der Waals surface area contributed by atoms with Gasteiger partial charge in [0.25, 0.3) is 0 Å². The molecular formula is C18H18F2N2OS. The van der Waals surface area contributed by atoms with Crippen LogP contribution in [0, 0.1) is 29.4 Å². The second kappa shape index (κ2) is 6.24. The number of hydrogen-bond acceptors (Lipinski definition) is 3. The second-order valence-corrected chi connectivity index (χ2v) is 7.71. The zero-order valence-corrected chi connectivity index (χ0v) is 13.9. The van der Waals surface area contributed by atoms with Gasteiger partial charge in [0.05, 0.1) is 5.69 Å². The standard InChI is InChI=1S/C18H18F2N2OS/c19-14-4-3-12(7-15(14)20)16-9-24-18(21-16)22-17(23)8-13-6-10-1-2-11(13)5-10/h3-4,7,9-11,13H,1-2,5-6,8H2,(H,21,22,23)/t10-,11-,13-/m1/s1. The predicted octanol–water partition coefficient (Wildman–Crippen LogP) is 4.85. The van der Waals surface area contributed by atoms with Crippen LogP contribution in [0.1, 0.15) is 32.1 Å². The molecule has 3 nitrogen and oxygen atoms in total. The first-order valence-corrected chi connectivity index (χ1v) is 9.17. The monoisotopic (exact) mass is 348 g/mol. The summed E-state index contributed by atoms with van der Waals surface area (Å²) in [5.41, 5.74) is 1.04. The molecule has 24 heavy (non-hydrogen) atoms. The second-order valence-electron chi connectivity index (χ2n) is 6.85. The van der Waals surface area contributed by atoms with Crippen LogP contribution >= 0.6 is 11.3 Å². The van der Waals surface area contributed by atoms with Crippen LogP contribution in [0.3, 0.4) is 0 Å². The summed E-state index contributed by atoms with van der Waals surface area (Å²) >= 11 is 1.30. The molecule has 2 bridgehead atoms. The van der Waals surface area contributed by atoms with Crippen LogP contribution in [0.15, 0.2) is 23.6 Å². The molecule has 0 saturated heterocycles. The zero-order chi connectivity index (χ0) is 16.7. The summed E-state index contributed by atoms with van der Waals surface area (Å²) < 4.78 is 26.3. The van der Waals surface area contributed by atoms with E-state index in [4.69, 9.17) is 0 Å². The number of rotatable bonds is 4. The Hall–Kier alpha value is -1.82. The van der Waals surface area contributed by atoms with Gasteiger partial charge < -0.3 is 5.32 Å². The topological polar surface area (TPSA) is 42.0 Å². The summed E-state index contributed by atoms with van der Waals surface area (Å²) in [4.78, 5) is 16.5. The highest BCUT2D eigenvalue weighted by Crippen LogP contribution is 2.49. The van der Waals surface area contributed by atoms with E-state index in [0.29, 0.717) is 28.7 Å². The number of benzene rings is 1. The smallest absolute Gasteiger partial charge is 0.226 e. The first-order chi connectivity index (χ1) is 11.6. The number of halogens is 2. The maximum Gasteiger partial charge on any atom is 0.226 e. The van der Waals surface area contributed by atoms with E-state index in [1.54, 1.807) is 5.38 Å². The van der Waals surface area contributed by atoms with Gasteiger partial charge in [-0.2, -0.15) is 0 Å². The lowest BCUT2D eigenvalue weighted by atomic mass is 9.86. The van der Waals surface area contributed by atoms with Gasteiger partial charge in [-0.3, -0.25) is 4.79 Å². The van der Waals surface area contributed by atoms with Crippen molar-refractivity contribution in [1.82, 2.24) is 4.98 Å². The Bertz CT molecular complexity index is 776. The van der Waals surface area contributed by atoms with Crippen LogP contribution in [-0.4, -0.2) is 10.9 Å². The van der Waals surface area contributed by atoms with Gasteiger partial charge in [-0.05, 0) is 55.2 Å². The molecule has 126 valence electrons. The highest BCUT2D eigenvalue weighted by atomic mass is 32.1. The van der Waals surface area contributed by atoms with E-state index in [2.05, 4.69) is 10.3 Å². The largest absolute Gasteiger partial charge is 0.302 e. The maximum atomic E-state index is 13.3. The average Bonchev–Trinajstić information content (AvgIpc) is 3.26. The Morgan fingerprint density at radius 2 is 2.12 bits per heavy atom. The highest BCUT2D eigenvalue weighted by Gasteiger charge is 2.40. The Balaban J connectivity index is 1.39. The van der Waals surface area contributed by atoms with E-state index in [9.17, 15) is 13.6 Å². The molecule has 0 radical (unpaired) electrons. The quantitative estimate of drug-likeness (QED) is 0.858. The van der Waals surface area contributed by atoms with E-state index < -0.39 is 11.6 Å². The molecule has 1 amide bonds. The van der Waals surface area contributed by atoms with Gasteiger partial charge >= 0.3 is 0 Å². The first kappa shape index (κ1) is 15.7. The number of amides is 1. The van der Waals surface area contributed by atoms with Crippen LogP contribution in [0.4, 0.5) is 13.9 Å². The number of nitrogens with one attached hydrogen (secondary N) is 1. The molecule has 1 aromatic heterocycles. The van der Waals surface area contributed by atoms with Crippen LogP contribution in [-0.2, 0) is 4.79 Å². The zero-order valence-electron chi connectivity index (χ0n) is 13.1. The third-order valence-corrected chi connectivity index (χ3v) is 6.06. The molecule has 0 aliphatic heterocycles. The van der Waals surface area contributed by atoms with Crippen molar-refractivity contribution >= 4 is 22.4 Å². The fraction of sp³-hybridized carbons (Fsp3) is 0.444. The molecule has 0 unspecified atom stereocenters. The van der Waals surface area contributed by atoms with Gasteiger partial charge in [0, 0.05) is 17.4 Å². The molecule has 6 heteroatoms. The number of carbonyl (C=O) groups is 1. The van der Waals surface area contributed by atoms with Gasteiger partial charge in [-0.25, -0.2) is 13.8 Å². The van der Waals surface area contributed by atoms with E-state index >= 15 is 0 Å². The first-order valence-electron chi connectivity index (χ1n) is 8.29. The SMILES string of the molecule is O=C(C[C@H]1C[C@@H]2CC[C@@H]1C2)Nc1nc(-c2ccc(F)c(F)c2)cs1. The van der Waals surface area contributed by atoms with Crippen molar-refractivity contribution in [2.24, 2.45) is 17.8 Å². The summed E-state index contributed by atoms with van der Waals surface area (Å²) in [7, 11) is 0. The predicted molar refractivity (Wildman–Crippen MR) is 89.7 cm³/mol. The Kier molecular flexibility index (Phi) is 4.08. The molecule has 2 aliphatic rings. The summed E-state index contributed by atoms with van der Waals surface area (Å²) in [6.45, 7) is 0. The van der Waals surface area contributed by atoms with Crippen molar-refractivity contribution in [2.45, 2.75) is 32.1 Å². The molecule has 1 heterocycles. The van der Waals surface area contributed by atoms with Gasteiger partial charge in [-0.15, -0.1) is 11.3 Å². The third-order valence-electron chi connectivity index (χ3n) is 5.30. The van der Waals surface area contributed by atoms with E-state index in [1.807, 2.05) is 0 Å². The fourth-order valence-electron chi connectivity index (χ4n) is 4.15. The summed E-state index contributed by atoms with van der Waals surface area (Å²) in [5, 5.41) is 5.08. The third kappa shape index (κ3) is 3.07. The Labute approximate surface area is 143 Å². The minimum absolute atomic E-state index is 0.00117. The highest BCUT2D eigenvalue weighted by molar-refractivity contribution is 7.14. The van der Waals surface area contributed by atoms with Crippen LogP contribution in [0.25, 0.3) is 11.3 Å². The molecular weight excluding hydrogens is 330 g/mol. The molecule has 0 spiro atoms. The number of fused-ring (bicyclic) bond motifs is 2. The van der Waals surface area contributed by atoms with Gasteiger partial charge in [0.2, 0.25) is 5.91 Å². The van der Waals surface area contributed by atoms with Crippen LogP contribution in [0.5, 0.6) is 0 Å². The average molecular weight is 348 g/mol. The van der Waals surface area contributed by atoms with Gasteiger partial charge in [0.1, 0.15) is 0 Å². The minimum atomic E-state index is -0.901. The van der Waals surface area contributed by atoms with Crippen molar-refractivity contribution in [3.05, 3.63) is 35.2 Å². The number of aromatic nitrogens is 1. The minimum Gasteiger partial charge on any atom is -0.302 e. The van der Waals surface area contributed by atoms with Crippen molar-refractivity contribution in [1.29, 1.82) is 0 Å². The normalized spacial score (nSPS) is 25.2. The van der Waals surface area contributed by atoms with Crippen molar-refractivity contribution in [2.75, 3.05) is 5.32 Å². The number of thiazole rings is 1. The van der Waals surface area contributed by atoms with Crippen molar-refractivity contribution in [3.63, 3.8) is 0 Å². The molecule has 1 N–H and O–H groups in total. The molecule has 2 saturated carbocycles. The van der Waals surface area contributed by atoms with Gasteiger partial charge in [-0.1, -0.05) is 6.42 Å². The van der Waals surface area contributed by atoms with Crippen LogP contribution in [0.2, 0.25) is 0 Å². The number of hydrogen-bond donors (Lipinski definition) is 1. The number of carbonyl (C=O) groups excluding carboxylic acids is 1. The molecule has 3 atom stereocenters. The summed E-state index contributed by atoms with van der Waals surface area (Å²) in [6, 6.07) is 3.68. The number of nitrogens with zero attached hydrogens (tertiary/aromatic N) is 1. The molecule has 2 aliphatic carbocycles. The Morgan fingerprint density at radius 1 is 1.25 bits per heavy atom. The molecule has 4 rings (SSSR count). The lowest BCUT2D eigenvalue weighted by Gasteiger charge is -2.20. The number of anilines is 1. The molecule has 2 aromatic rings. The summed E-state index contributed by atoms with van der Waals surface area (Å²) in [6.07, 6.45) is 5.61. The Morgan fingerprint density at radius 3 is 2.83 bits per heavy atom. The van der Waals surface area contributed by atoms with Crippen molar-refractivity contribution in [3.8, 4) is 11.3 Å².